The Morgan fingerprint density at radius 2 is 1.82 bits per heavy atom. The van der Waals surface area contributed by atoms with E-state index in [0.717, 1.165) is 63.0 Å². The summed E-state index contributed by atoms with van der Waals surface area (Å²) in [5.41, 5.74) is 2.65. The number of nitrogens with one attached hydrogen (secondary N) is 1. The van der Waals surface area contributed by atoms with Crippen molar-refractivity contribution in [2.24, 2.45) is 5.41 Å². The molecule has 0 amide bonds. The van der Waals surface area contributed by atoms with Crippen LogP contribution in [0.15, 0.2) is 43.0 Å². The van der Waals surface area contributed by atoms with Gasteiger partial charge in [-0.1, -0.05) is 0 Å². The lowest BCUT2D eigenvalue weighted by Crippen LogP contribution is -2.65. The maximum Gasteiger partial charge on any atom is 0.251 e. The molecule has 1 atom stereocenters. The molecule has 2 aromatic heterocycles. The SMILES string of the molecule is CC(C)N(C)C1CC(F)(F)C1.CN(C)CC1NCCc2nccc(OC3CC4(C3)CN(c3ncncc3Oc3ccc(F)cc3C=O)C4)c21. The summed E-state index contributed by atoms with van der Waals surface area (Å²) in [6.45, 7) is 7.55. The van der Waals surface area contributed by atoms with E-state index < -0.39 is 11.7 Å². The van der Waals surface area contributed by atoms with E-state index in [0.29, 0.717) is 23.9 Å². The van der Waals surface area contributed by atoms with Gasteiger partial charge < -0.3 is 29.5 Å². The smallest absolute Gasteiger partial charge is 0.251 e. The molecular weight excluding hydrogens is 635 g/mol. The van der Waals surface area contributed by atoms with Crippen LogP contribution in [0.25, 0.3) is 0 Å². The van der Waals surface area contributed by atoms with Crippen molar-refractivity contribution in [3.05, 3.63) is 65.6 Å². The Kier molecular flexibility index (Phi) is 10.2. The third kappa shape index (κ3) is 7.84. The molecule has 49 heavy (non-hydrogen) atoms. The molecule has 2 saturated carbocycles. The minimum atomic E-state index is -2.38. The molecule has 10 nitrogen and oxygen atoms in total. The molecule has 4 heterocycles. The Labute approximate surface area is 286 Å². The van der Waals surface area contributed by atoms with Crippen LogP contribution >= 0.6 is 0 Å². The van der Waals surface area contributed by atoms with Crippen molar-refractivity contribution in [1.29, 1.82) is 0 Å². The number of hydrogen-bond donors (Lipinski definition) is 1. The van der Waals surface area contributed by atoms with Crippen LogP contribution in [-0.2, 0) is 6.42 Å². The van der Waals surface area contributed by atoms with E-state index in [9.17, 15) is 18.0 Å². The summed E-state index contributed by atoms with van der Waals surface area (Å²) in [6.07, 6.45) is 8.60. The standard InChI is InChI=1S/C28H31FN6O3.C8H15F2N/c1-34(2)13-22-26-21(5-7-32-22)31-8-6-24(26)37-20-10-28(11-20)15-35(16-28)27-25(12-30-17-33-27)38-23-4-3-19(29)9-18(23)14-36;1-6(2)11(3)7-4-8(9,10)5-7/h3-4,6,8-9,12,14,17,20,22,32H,5,7,10-11,13,15-16H2,1-2H3;6-7H,4-5H2,1-3H3. The second kappa shape index (κ2) is 14.2. The van der Waals surface area contributed by atoms with E-state index in [1.165, 1.54) is 24.0 Å². The Bertz CT molecular complexity index is 1620. The number of aldehydes is 1. The first kappa shape index (κ1) is 35.0. The molecule has 264 valence electrons. The summed E-state index contributed by atoms with van der Waals surface area (Å²) in [5.74, 6) is -0.557. The number of pyridine rings is 1. The van der Waals surface area contributed by atoms with Gasteiger partial charge in [0.1, 0.15) is 29.7 Å². The summed E-state index contributed by atoms with van der Waals surface area (Å²) >= 11 is 0. The molecule has 2 aliphatic heterocycles. The highest BCUT2D eigenvalue weighted by molar-refractivity contribution is 5.79. The zero-order valence-corrected chi connectivity index (χ0v) is 28.8. The van der Waals surface area contributed by atoms with E-state index in [4.69, 9.17) is 9.47 Å². The van der Waals surface area contributed by atoms with E-state index in [1.54, 1.807) is 6.20 Å². The number of carbonyl (C=O) groups excluding carboxylic acids is 1. The van der Waals surface area contributed by atoms with Gasteiger partial charge in [0, 0.05) is 74.7 Å². The van der Waals surface area contributed by atoms with E-state index >= 15 is 0 Å². The van der Waals surface area contributed by atoms with Crippen molar-refractivity contribution >= 4 is 12.1 Å². The fourth-order valence-electron chi connectivity index (χ4n) is 7.28. The largest absolute Gasteiger partial charge is 0.490 e. The van der Waals surface area contributed by atoms with Crippen molar-refractivity contribution in [3.63, 3.8) is 0 Å². The number of benzene rings is 1. The van der Waals surface area contributed by atoms with Gasteiger partial charge >= 0.3 is 0 Å². The summed E-state index contributed by atoms with van der Waals surface area (Å²) in [4.78, 5) is 30.9. The molecule has 0 radical (unpaired) electrons. The molecule has 2 aliphatic carbocycles. The van der Waals surface area contributed by atoms with Gasteiger partial charge in [0.15, 0.2) is 17.9 Å². The first-order chi connectivity index (χ1) is 23.3. The molecule has 3 aromatic rings. The number of anilines is 1. The molecule has 1 aromatic carbocycles. The fourth-order valence-corrected chi connectivity index (χ4v) is 7.28. The zero-order valence-electron chi connectivity index (χ0n) is 28.8. The number of alkyl halides is 2. The van der Waals surface area contributed by atoms with Gasteiger partial charge in [0.05, 0.1) is 23.5 Å². The molecule has 1 saturated heterocycles. The number of halogens is 3. The highest BCUT2D eigenvalue weighted by Gasteiger charge is 2.54. The lowest BCUT2D eigenvalue weighted by molar-refractivity contribution is -0.124. The molecule has 4 aliphatic rings. The van der Waals surface area contributed by atoms with Crippen molar-refractivity contribution in [2.45, 2.75) is 76.1 Å². The highest BCUT2D eigenvalue weighted by Crippen LogP contribution is 2.52. The van der Waals surface area contributed by atoms with Crippen LogP contribution in [0.1, 0.15) is 67.2 Å². The van der Waals surface area contributed by atoms with Crippen molar-refractivity contribution in [1.82, 2.24) is 30.1 Å². The lowest BCUT2D eigenvalue weighted by atomic mass is 9.61. The second-order valence-electron chi connectivity index (χ2n) is 14.5. The average molecular weight is 682 g/mol. The second-order valence-corrected chi connectivity index (χ2v) is 14.5. The van der Waals surface area contributed by atoms with Crippen LogP contribution in [0.3, 0.4) is 0 Å². The zero-order chi connectivity index (χ0) is 34.9. The summed E-state index contributed by atoms with van der Waals surface area (Å²) in [6, 6.07) is 6.54. The minimum Gasteiger partial charge on any atom is -0.490 e. The van der Waals surface area contributed by atoms with Gasteiger partial charge in [-0.25, -0.2) is 23.1 Å². The molecule has 1 unspecified atom stereocenters. The van der Waals surface area contributed by atoms with Crippen LogP contribution in [0.4, 0.5) is 19.0 Å². The number of carbonyl (C=O) groups is 1. The number of fused-ring (bicyclic) bond motifs is 1. The van der Waals surface area contributed by atoms with Gasteiger partial charge in [-0.15, -0.1) is 0 Å². The van der Waals surface area contributed by atoms with Gasteiger partial charge in [-0.05, 0) is 72.1 Å². The van der Waals surface area contributed by atoms with Crippen LogP contribution in [0, 0.1) is 11.2 Å². The minimum absolute atomic E-state index is 0.0433. The summed E-state index contributed by atoms with van der Waals surface area (Å²) in [7, 11) is 6.07. The topological polar surface area (TPSA) is 96.0 Å². The van der Waals surface area contributed by atoms with Crippen LogP contribution < -0.4 is 19.7 Å². The Morgan fingerprint density at radius 3 is 2.49 bits per heavy atom. The Hall–Kier alpha value is -3.81. The molecule has 1 spiro atoms. The molecule has 13 heteroatoms. The Morgan fingerprint density at radius 1 is 1.06 bits per heavy atom. The van der Waals surface area contributed by atoms with E-state index in [2.05, 4.69) is 44.2 Å². The molecule has 7 rings (SSSR count). The summed E-state index contributed by atoms with van der Waals surface area (Å²) in [5, 5.41) is 3.62. The van der Waals surface area contributed by atoms with Crippen molar-refractivity contribution in [3.8, 4) is 17.2 Å². The predicted octanol–water partition coefficient (Wildman–Crippen LogP) is 5.54. The first-order valence-electron chi connectivity index (χ1n) is 17.0. The average Bonchev–Trinajstić information content (AvgIpc) is 3.01. The molecular formula is C36H46F3N7O3. The monoisotopic (exact) mass is 681 g/mol. The number of ether oxygens (including phenoxy) is 2. The molecule has 0 bridgehead atoms. The van der Waals surface area contributed by atoms with Gasteiger partial charge in [-0.2, -0.15) is 0 Å². The maximum atomic E-state index is 13.5. The van der Waals surface area contributed by atoms with Crippen LogP contribution in [0.5, 0.6) is 17.2 Å². The van der Waals surface area contributed by atoms with Crippen molar-refractivity contribution < 1.29 is 27.4 Å². The number of hydrogen-bond acceptors (Lipinski definition) is 10. The predicted molar refractivity (Wildman–Crippen MR) is 180 cm³/mol. The molecule has 3 fully saturated rings. The third-order valence-corrected chi connectivity index (χ3v) is 10.1. The van der Waals surface area contributed by atoms with E-state index in [-0.39, 0.29) is 47.8 Å². The van der Waals surface area contributed by atoms with E-state index in [1.807, 2.05) is 38.1 Å². The highest BCUT2D eigenvalue weighted by atomic mass is 19.3. The van der Waals surface area contributed by atoms with Crippen LogP contribution in [0.2, 0.25) is 0 Å². The Balaban J connectivity index is 0.000000324. The first-order valence-corrected chi connectivity index (χ1v) is 17.0. The number of likely N-dealkylation sites (N-methyl/N-ethyl adjacent to an activating group) is 1. The number of aromatic nitrogens is 3. The van der Waals surface area contributed by atoms with Crippen molar-refractivity contribution in [2.75, 3.05) is 52.2 Å². The van der Waals surface area contributed by atoms with Gasteiger partial charge in [0.25, 0.3) is 5.92 Å². The third-order valence-electron chi connectivity index (χ3n) is 10.1. The quantitative estimate of drug-likeness (QED) is 0.275. The van der Waals surface area contributed by atoms with Gasteiger partial charge in [0.2, 0.25) is 0 Å². The maximum absolute atomic E-state index is 13.5. The summed E-state index contributed by atoms with van der Waals surface area (Å²) < 4.78 is 50.8. The van der Waals surface area contributed by atoms with Gasteiger partial charge in [-0.3, -0.25) is 9.78 Å². The lowest BCUT2D eigenvalue weighted by Gasteiger charge is -2.59. The van der Waals surface area contributed by atoms with Crippen LogP contribution in [-0.4, -0.2) is 102 Å². The normalized spacial score (nSPS) is 22.1. The molecule has 1 N–H and O–H groups in total. The number of nitrogens with zero attached hydrogens (tertiary/aromatic N) is 6. The number of rotatable bonds is 10. The fraction of sp³-hybridized carbons (Fsp3) is 0.556.